The predicted molar refractivity (Wildman–Crippen MR) is 105 cm³/mol. The van der Waals surface area contributed by atoms with E-state index in [9.17, 15) is 13.2 Å². The summed E-state index contributed by atoms with van der Waals surface area (Å²) < 4.78 is 32.2. The van der Waals surface area contributed by atoms with Gasteiger partial charge in [-0.1, -0.05) is 18.2 Å². The Morgan fingerprint density at radius 3 is 2.52 bits per heavy atom. The van der Waals surface area contributed by atoms with E-state index in [0.29, 0.717) is 31.9 Å². The summed E-state index contributed by atoms with van der Waals surface area (Å²) in [5.41, 5.74) is 9.20. The zero-order chi connectivity index (χ0) is 18.6. The second-order valence-electron chi connectivity index (χ2n) is 6.09. The van der Waals surface area contributed by atoms with E-state index in [1.165, 1.54) is 6.07 Å². The van der Waals surface area contributed by atoms with Crippen LogP contribution in [0.15, 0.2) is 47.4 Å². The lowest BCUT2D eigenvalue weighted by molar-refractivity contribution is -0.119. The van der Waals surface area contributed by atoms with Crippen molar-refractivity contribution in [3.63, 3.8) is 0 Å². The van der Waals surface area contributed by atoms with Crippen LogP contribution in [0.1, 0.15) is 16.7 Å². The maximum atomic E-state index is 12.3. The molecule has 146 valence electrons. The molecule has 1 amide bonds. The van der Waals surface area contributed by atoms with Crippen LogP contribution in [0.5, 0.6) is 0 Å². The average molecular weight is 412 g/mol. The number of benzene rings is 2. The number of carbonyl (C=O) groups excluding carboxylic acids is 1. The summed E-state index contributed by atoms with van der Waals surface area (Å²) in [7, 11) is -3.74. The number of sulfonamides is 1. The largest absolute Gasteiger partial charge is 0.399 e. The van der Waals surface area contributed by atoms with Gasteiger partial charge in [0.15, 0.2) is 0 Å². The Balaban J connectivity index is 0.00000261. The van der Waals surface area contributed by atoms with Gasteiger partial charge in [0.1, 0.15) is 0 Å². The third kappa shape index (κ3) is 5.67. The first-order valence-corrected chi connectivity index (χ1v) is 9.73. The fourth-order valence-corrected chi connectivity index (χ4v) is 3.68. The summed E-state index contributed by atoms with van der Waals surface area (Å²) in [5.74, 6) is -0.381. The van der Waals surface area contributed by atoms with E-state index in [1.54, 1.807) is 24.3 Å². The molecule has 7 nitrogen and oxygen atoms in total. The predicted octanol–water partition coefficient (Wildman–Crippen LogP) is 1.36. The maximum absolute atomic E-state index is 12.3. The molecule has 0 bridgehead atoms. The summed E-state index contributed by atoms with van der Waals surface area (Å²) in [4.78, 5) is 12.0. The third-order valence-corrected chi connectivity index (χ3v) is 5.54. The first kappa shape index (κ1) is 21.2. The van der Waals surface area contributed by atoms with Crippen LogP contribution in [0.25, 0.3) is 0 Å². The summed E-state index contributed by atoms with van der Waals surface area (Å²) in [6.45, 7) is 1.02. The normalized spacial score (nSPS) is 12.9. The number of nitrogens with one attached hydrogen (secondary N) is 2. The molecule has 0 saturated carbocycles. The van der Waals surface area contributed by atoms with E-state index in [4.69, 9.17) is 10.5 Å². The standard InChI is InChI=1S/C18H21N3O4S.ClH/c19-16-4-1-13(2-5-16)7-8-20-18(22)10-21-26(23,24)17-6-3-14-11-25-12-15(14)9-17;/h1-6,9,21H,7-8,10-12,19H2,(H,20,22);1H. The van der Waals surface area contributed by atoms with E-state index < -0.39 is 10.0 Å². The molecule has 9 heteroatoms. The molecule has 0 fully saturated rings. The molecule has 2 aromatic rings. The summed E-state index contributed by atoms with van der Waals surface area (Å²) in [5, 5.41) is 2.69. The number of carbonyl (C=O) groups is 1. The molecule has 3 rings (SSSR count). The summed E-state index contributed by atoms with van der Waals surface area (Å²) >= 11 is 0. The smallest absolute Gasteiger partial charge is 0.241 e. The van der Waals surface area contributed by atoms with E-state index in [0.717, 1.165) is 16.7 Å². The lowest BCUT2D eigenvalue weighted by atomic mass is 10.1. The number of ether oxygens (including phenoxy) is 1. The van der Waals surface area contributed by atoms with Gasteiger partial charge in [-0.3, -0.25) is 4.79 Å². The second-order valence-corrected chi connectivity index (χ2v) is 7.86. The molecule has 0 saturated heterocycles. The quantitative estimate of drug-likeness (QED) is 0.596. The van der Waals surface area contributed by atoms with Crippen LogP contribution in [-0.2, 0) is 39.2 Å². The first-order chi connectivity index (χ1) is 12.4. The van der Waals surface area contributed by atoms with Crippen molar-refractivity contribution in [2.45, 2.75) is 24.5 Å². The van der Waals surface area contributed by atoms with Crippen molar-refractivity contribution >= 4 is 34.0 Å². The Labute approximate surface area is 164 Å². The van der Waals surface area contributed by atoms with Gasteiger partial charge in [-0.25, -0.2) is 13.1 Å². The number of fused-ring (bicyclic) bond motifs is 1. The van der Waals surface area contributed by atoms with Crippen molar-refractivity contribution < 1.29 is 17.9 Å². The van der Waals surface area contributed by atoms with Gasteiger partial charge in [-0.2, -0.15) is 0 Å². The van der Waals surface area contributed by atoms with E-state index in [1.807, 2.05) is 12.1 Å². The molecule has 0 unspecified atom stereocenters. The molecular formula is C18H22ClN3O4S. The van der Waals surface area contributed by atoms with Crippen molar-refractivity contribution in [1.29, 1.82) is 0 Å². The number of amides is 1. The molecule has 1 heterocycles. The molecule has 0 aromatic heterocycles. The molecule has 0 atom stereocenters. The van der Waals surface area contributed by atoms with Gasteiger partial charge in [0, 0.05) is 12.2 Å². The molecule has 0 radical (unpaired) electrons. The van der Waals surface area contributed by atoms with Crippen LogP contribution < -0.4 is 15.8 Å². The molecular weight excluding hydrogens is 390 g/mol. The van der Waals surface area contributed by atoms with Crippen molar-refractivity contribution in [2.24, 2.45) is 0 Å². The van der Waals surface area contributed by atoms with Crippen LogP contribution in [0.3, 0.4) is 0 Å². The van der Waals surface area contributed by atoms with E-state index in [2.05, 4.69) is 10.0 Å². The lowest BCUT2D eigenvalue weighted by Gasteiger charge is -2.09. The summed E-state index contributed by atoms with van der Waals surface area (Å²) in [6, 6.07) is 12.2. The zero-order valence-corrected chi connectivity index (χ0v) is 16.2. The minimum absolute atomic E-state index is 0. The van der Waals surface area contributed by atoms with Crippen molar-refractivity contribution in [3.05, 3.63) is 59.2 Å². The van der Waals surface area contributed by atoms with E-state index in [-0.39, 0.29) is 29.8 Å². The highest BCUT2D eigenvalue weighted by Crippen LogP contribution is 2.22. The molecule has 1 aliphatic rings. The molecule has 27 heavy (non-hydrogen) atoms. The van der Waals surface area contributed by atoms with Crippen LogP contribution in [-0.4, -0.2) is 27.4 Å². The first-order valence-electron chi connectivity index (χ1n) is 8.24. The number of halogens is 1. The minimum Gasteiger partial charge on any atom is -0.399 e. The van der Waals surface area contributed by atoms with E-state index >= 15 is 0 Å². The Morgan fingerprint density at radius 1 is 1.07 bits per heavy atom. The lowest BCUT2D eigenvalue weighted by Crippen LogP contribution is -2.37. The van der Waals surface area contributed by atoms with Gasteiger partial charge in [0.05, 0.1) is 24.7 Å². The average Bonchev–Trinajstić information content (AvgIpc) is 3.09. The fourth-order valence-electron chi connectivity index (χ4n) is 2.65. The van der Waals surface area contributed by atoms with Crippen molar-refractivity contribution in [1.82, 2.24) is 10.0 Å². The third-order valence-electron chi connectivity index (χ3n) is 4.14. The van der Waals surface area contributed by atoms with Crippen LogP contribution in [0.4, 0.5) is 5.69 Å². The summed E-state index contributed by atoms with van der Waals surface area (Å²) in [6.07, 6.45) is 0.642. The highest BCUT2D eigenvalue weighted by molar-refractivity contribution is 7.89. The number of nitrogen functional groups attached to an aromatic ring is 1. The SMILES string of the molecule is Cl.Nc1ccc(CCNC(=O)CNS(=O)(=O)c2ccc3c(c2)COC3)cc1. The highest BCUT2D eigenvalue weighted by atomic mass is 35.5. The van der Waals surface area contributed by atoms with Crippen molar-refractivity contribution in [3.8, 4) is 0 Å². The van der Waals surface area contributed by atoms with Crippen LogP contribution in [0, 0.1) is 0 Å². The van der Waals surface area contributed by atoms with Crippen LogP contribution >= 0.6 is 12.4 Å². The van der Waals surface area contributed by atoms with Crippen molar-refractivity contribution in [2.75, 3.05) is 18.8 Å². The van der Waals surface area contributed by atoms with Gasteiger partial charge in [0.2, 0.25) is 15.9 Å². The molecule has 1 aliphatic heterocycles. The Bertz CT molecular complexity index is 901. The fraction of sp³-hybridized carbons (Fsp3) is 0.278. The topological polar surface area (TPSA) is 111 Å². The van der Waals surface area contributed by atoms with Gasteiger partial charge in [0.25, 0.3) is 0 Å². The van der Waals surface area contributed by atoms with Gasteiger partial charge >= 0.3 is 0 Å². The number of nitrogens with two attached hydrogens (primary N) is 1. The monoisotopic (exact) mass is 411 g/mol. The molecule has 2 aromatic carbocycles. The molecule has 0 aliphatic carbocycles. The maximum Gasteiger partial charge on any atom is 0.241 e. The number of hydrogen-bond acceptors (Lipinski definition) is 5. The molecule has 4 N–H and O–H groups in total. The molecule has 0 spiro atoms. The zero-order valence-electron chi connectivity index (χ0n) is 14.6. The highest BCUT2D eigenvalue weighted by Gasteiger charge is 2.19. The van der Waals surface area contributed by atoms with Crippen LogP contribution in [0.2, 0.25) is 0 Å². The van der Waals surface area contributed by atoms with Gasteiger partial charge < -0.3 is 15.8 Å². The number of hydrogen-bond donors (Lipinski definition) is 3. The Morgan fingerprint density at radius 2 is 1.78 bits per heavy atom. The minimum atomic E-state index is -3.74. The number of anilines is 1. The Hall–Kier alpha value is -2.13. The number of rotatable bonds is 7. The van der Waals surface area contributed by atoms with Gasteiger partial charge in [-0.15, -0.1) is 12.4 Å². The van der Waals surface area contributed by atoms with Gasteiger partial charge in [-0.05, 0) is 47.4 Å². The Kier molecular flexibility index (Phi) is 7.20. The second kappa shape index (κ2) is 9.18.